The highest BCUT2D eigenvalue weighted by Crippen LogP contribution is 2.33. The number of rotatable bonds is 7. The number of aromatic nitrogens is 2. The molecule has 0 radical (unpaired) electrons. The van der Waals surface area contributed by atoms with Crippen molar-refractivity contribution in [3.63, 3.8) is 0 Å². The van der Waals surface area contributed by atoms with Crippen LogP contribution in [0, 0.1) is 11.8 Å². The van der Waals surface area contributed by atoms with Crippen LogP contribution in [0.4, 0.5) is 0 Å². The van der Waals surface area contributed by atoms with Crippen LogP contribution in [0.5, 0.6) is 0 Å². The van der Waals surface area contributed by atoms with Gasteiger partial charge in [0.05, 0.1) is 23.0 Å². The standard InChI is InChI=1S/C23H31BrN2O3/c1-23(2,3)29-21(27)16-28-15-18-11-9-17(10-12-18)14-26-22(20(24)13-25-26)19-7-5-4-6-8-19/h4-8,13,17-18H,9-12,14-16H2,1-3H3/t17-,18-. The molecule has 3 rings (SSSR count). The highest BCUT2D eigenvalue weighted by Gasteiger charge is 2.24. The third-order valence-electron chi connectivity index (χ3n) is 5.23. The number of ether oxygens (including phenoxy) is 2. The van der Waals surface area contributed by atoms with Gasteiger partial charge >= 0.3 is 5.97 Å². The fraction of sp³-hybridized carbons (Fsp3) is 0.565. The molecule has 6 heteroatoms. The number of nitrogens with zero attached hydrogens (tertiary/aromatic N) is 2. The van der Waals surface area contributed by atoms with E-state index in [0.29, 0.717) is 18.4 Å². The molecule has 0 N–H and O–H groups in total. The topological polar surface area (TPSA) is 53.4 Å². The second-order valence-corrected chi connectivity index (χ2v) is 9.73. The summed E-state index contributed by atoms with van der Waals surface area (Å²) in [5, 5.41) is 4.60. The first-order valence-corrected chi connectivity index (χ1v) is 11.2. The predicted molar refractivity (Wildman–Crippen MR) is 117 cm³/mol. The van der Waals surface area contributed by atoms with Crippen LogP contribution >= 0.6 is 15.9 Å². The second-order valence-electron chi connectivity index (χ2n) is 8.88. The van der Waals surface area contributed by atoms with Gasteiger partial charge in [0.1, 0.15) is 12.2 Å². The van der Waals surface area contributed by atoms with Gasteiger partial charge in [-0.2, -0.15) is 5.10 Å². The number of carbonyl (C=O) groups is 1. The quantitative estimate of drug-likeness (QED) is 0.511. The molecule has 158 valence electrons. The van der Waals surface area contributed by atoms with Crippen LogP contribution < -0.4 is 0 Å². The molecule has 1 aliphatic carbocycles. The molecule has 0 atom stereocenters. The van der Waals surface area contributed by atoms with Crippen molar-refractivity contribution in [2.45, 2.75) is 58.6 Å². The van der Waals surface area contributed by atoms with Crippen LogP contribution in [0.25, 0.3) is 11.3 Å². The third-order valence-corrected chi connectivity index (χ3v) is 5.81. The molecule has 1 aromatic heterocycles. The number of benzene rings is 1. The zero-order valence-corrected chi connectivity index (χ0v) is 19.2. The van der Waals surface area contributed by atoms with Gasteiger partial charge in [0.2, 0.25) is 0 Å². The predicted octanol–water partition coefficient (Wildman–Crippen LogP) is 5.48. The minimum absolute atomic E-state index is 0.0406. The van der Waals surface area contributed by atoms with E-state index in [1.807, 2.05) is 33.0 Å². The Balaban J connectivity index is 1.45. The first-order valence-electron chi connectivity index (χ1n) is 10.4. The van der Waals surface area contributed by atoms with Gasteiger partial charge in [0, 0.05) is 12.1 Å². The SMILES string of the molecule is CC(C)(C)OC(=O)COC[C@H]1CC[C@H](Cn2ncc(Br)c2-c2ccccc2)CC1. The molecule has 1 heterocycles. The largest absolute Gasteiger partial charge is 0.458 e. The molecule has 0 bridgehead atoms. The summed E-state index contributed by atoms with van der Waals surface area (Å²) in [5.74, 6) is 0.849. The van der Waals surface area contributed by atoms with Crippen LogP contribution in [0.2, 0.25) is 0 Å². The van der Waals surface area contributed by atoms with Crippen molar-refractivity contribution in [2.75, 3.05) is 13.2 Å². The van der Waals surface area contributed by atoms with Gasteiger partial charge in [-0.1, -0.05) is 30.3 Å². The number of hydrogen-bond acceptors (Lipinski definition) is 4. The monoisotopic (exact) mass is 462 g/mol. The minimum Gasteiger partial charge on any atom is -0.458 e. The molecule has 1 aromatic carbocycles. The molecule has 0 amide bonds. The number of hydrogen-bond donors (Lipinski definition) is 0. The summed E-state index contributed by atoms with van der Waals surface area (Å²) in [6, 6.07) is 10.4. The Morgan fingerprint density at radius 2 is 1.79 bits per heavy atom. The summed E-state index contributed by atoms with van der Waals surface area (Å²) < 4.78 is 14.1. The van der Waals surface area contributed by atoms with E-state index in [1.54, 1.807) is 0 Å². The Bertz CT molecular complexity index is 790. The van der Waals surface area contributed by atoms with Crippen molar-refractivity contribution >= 4 is 21.9 Å². The molecule has 0 spiro atoms. The van der Waals surface area contributed by atoms with Gasteiger partial charge in [0.15, 0.2) is 0 Å². The third kappa shape index (κ3) is 6.68. The molecule has 1 aliphatic rings. The lowest BCUT2D eigenvalue weighted by atomic mass is 9.82. The average Bonchev–Trinajstić information content (AvgIpc) is 3.02. The van der Waals surface area contributed by atoms with Crippen LogP contribution in [-0.4, -0.2) is 34.6 Å². The van der Waals surface area contributed by atoms with Gasteiger partial charge in [-0.25, -0.2) is 4.79 Å². The zero-order valence-electron chi connectivity index (χ0n) is 17.6. The van der Waals surface area contributed by atoms with Crippen LogP contribution in [-0.2, 0) is 20.8 Å². The Hall–Kier alpha value is -1.66. The van der Waals surface area contributed by atoms with Gasteiger partial charge < -0.3 is 9.47 Å². The van der Waals surface area contributed by atoms with Crippen molar-refractivity contribution in [2.24, 2.45) is 11.8 Å². The molecular formula is C23H31BrN2O3. The Labute approximate surface area is 181 Å². The molecule has 1 fully saturated rings. The molecule has 2 aromatic rings. The normalized spacial score (nSPS) is 19.9. The maximum atomic E-state index is 11.7. The van der Waals surface area contributed by atoms with E-state index in [2.05, 4.69) is 50.0 Å². The number of halogens is 1. The summed E-state index contributed by atoms with van der Waals surface area (Å²) in [4.78, 5) is 11.7. The zero-order chi connectivity index (χ0) is 20.9. The van der Waals surface area contributed by atoms with E-state index < -0.39 is 5.60 Å². The maximum Gasteiger partial charge on any atom is 0.332 e. The maximum absolute atomic E-state index is 11.7. The smallest absolute Gasteiger partial charge is 0.332 e. The first-order chi connectivity index (χ1) is 13.8. The molecular weight excluding hydrogens is 432 g/mol. The summed E-state index contributed by atoms with van der Waals surface area (Å²) in [6.07, 6.45) is 6.46. The number of esters is 1. The molecule has 29 heavy (non-hydrogen) atoms. The lowest BCUT2D eigenvalue weighted by Gasteiger charge is -2.28. The van der Waals surface area contributed by atoms with E-state index in [9.17, 15) is 4.79 Å². The first kappa shape index (κ1) is 22.0. The summed E-state index contributed by atoms with van der Waals surface area (Å²) in [7, 11) is 0. The van der Waals surface area contributed by atoms with Gasteiger partial charge in [-0.05, 0) is 74.2 Å². The molecule has 0 saturated heterocycles. The van der Waals surface area contributed by atoms with E-state index in [1.165, 1.54) is 5.56 Å². The van der Waals surface area contributed by atoms with E-state index >= 15 is 0 Å². The molecule has 0 unspecified atom stereocenters. The van der Waals surface area contributed by atoms with Gasteiger partial charge in [0.25, 0.3) is 0 Å². The summed E-state index contributed by atoms with van der Waals surface area (Å²) in [6.45, 7) is 7.21. The highest BCUT2D eigenvalue weighted by atomic mass is 79.9. The fourth-order valence-electron chi connectivity index (χ4n) is 3.89. The second kappa shape index (κ2) is 9.90. The Morgan fingerprint density at radius 3 is 2.45 bits per heavy atom. The highest BCUT2D eigenvalue weighted by molar-refractivity contribution is 9.10. The lowest BCUT2D eigenvalue weighted by Crippen LogP contribution is -2.28. The Kier molecular flexibility index (Phi) is 7.52. The van der Waals surface area contributed by atoms with E-state index in [0.717, 1.165) is 42.4 Å². The lowest BCUT2D eigenvalue weighted by molar-refractivity contribution is -0.160. The number of carbonyl (C=O) groups excluding carboxylic acids is 1. The van der Waals surface area contributed by atoms with Crippen LogP contribution in [0.15, 0.2) is 41.0 Å². The van der Waals surface area contributed by atoms with E-state index in [4.69, 9.17) is 9.47 Å². The van der Waals surface area contributed by atoms with Crippen molar-refractivity contribution in [3.8, 4) is 11.3 Å². The van der Waals surface area contributed by atoms with Gasteiger partial charge in [-0.15, -0.1) is 0 Å². The molecule has 1 saturated carbocycles. The molecule has 0 aliphatic heterocycles. The van der Waals surface area contributed by atoms with Crippen LogP contribution in [0.1, 0.15) is 46.5 Å². The van der Waals surface area contributed by atoms with Crippen molar-refractivity contribution < 1.29 is 14.3 Å². The average molecular weight is 463 g/mol. The summed E-state index contributed by atoms with van der Waals surface area (Å²) in [5.41, 5.74) is 1.87. The van der Waals surface area contributed by atoms with Gasteiger partial charge in [-0.3, -0.25) is 4.68 Å². The van der Waals surface area contributed by atoms with Crippen molar-refractivity contribution in [1.29, 1.82) is 0 Å². The molecule has 5 nitrogen and oxygen atoms in total. The van der Waals surface area contributed by atoms with E-state index in [-0.39, 0.29) is 12.6 Å². The minimum atomic E-state index is -0.460. The van der Waals surface area contributed by atoms with Crippen LogP contribution in [0.3, 0.4) is 0 Å². The van der Waals surface area contributed by atoms with Crippen molar-refractivity contribution in [3.05, 3.63) is 41.0 Å². The summed E-state index contributed by atoms with van der Waals surface area (Å²) >= 11 is 3.65. The van der Waals surface area contributed by atoms with Crippen molar-refractivity contribution in [1.82, 2.24) is 9.78 Å². The Morgan fingerprint density at radius 1 is 1.14 bits per heavy atom. The fourth-order valence-corrected chi connectivity index (χ4v) is 4.41.